The van der Waals surface area contributed by atoms with Gasteiger partial charge in [0.25, 0.3) is 0 Å². The number of amides is 1. The van der Waals surface area contributed by atoms with Crippen LogP contribution in [0.2, 0.25) is 0 Å². The molecule has 5 rings (SSSR count). The maximum absolute atomic E-state index is 13.8. The van der Waals surface area contributed by atoms with E-state index in [2.05, 4.69) is 29.0 Å². The smallest absolute Gasteiger partial charge is 0.480 e. The minimum absolute atomic E-state index is 0.0385. The van der Waals surface area contributed by atoms with Crippen LogP contribution in [0.15, 0.2) is 66.9 Å². The molecule has 0 unspecified atom stereocenters. The van der Waals surface area contributed by atoms with Crippen LogP contribution in [-0.2, 0) is 38.8 Å². The number of hydrogen-bond donors (Lipinski definition) is 5. The lowest BCUT2D eigenvalue weighted by Crippen LogP contribution is -2.49. The zero-order valence-electron chi connectivity index (χ0n) is 33.5. The van der Waals surface area contributed by atoms with Crippen LogP contribution in [0.25, 0.3) is 21.7 Å². The molecule has 1 saturated heterocycles. The lowest BCUT2D eigenvalue weighted by Gasteiger charge is -2.33. The highest BCUT2D eigenvalue weighted by Gasteiger charge is 2.25. The molecule has 1 aliphatic heterocycles. The van der Waals surface area contributed by atoms with Gasteiger partial charge in [-0.2, -0.15) is 4.57 Å². The molecule has 0 aliphatic carbocycles. The standard InChI is InChI=1S/C41H54BN7O9/c1-43(2)25-35-32(8-6-10-36(35)42(57)58)24-49-23-31-7-4-5-9-33(31)34-21-30(11-12-37(34)49)22-44(3)38(50)26-45-13-15-46(27-39(51)52)17-19-48(29-41(55)56)20-18-47(16-14-45)28-40(53)54/h4-12,21,23,57-58H,13-20,22,24-29H2,1-3H3,(H2-,51,52,53,54,55,56)/p+1. The van der Waals surface area contributed by atoms with E-state index in [9.17, 15) is 44.5 Å². The lowest BCUT2D eigenvalue weighted by molar-refractivity contribution is -0.661. The molecule has 16 nitrogen and oxygen atoms in total. The van der Waals surface area contributed by atoms with E-state index in [-0.39, 0.29) is 32.1 Å². The van der Waals surface area contributed by atoms with Gasteiger partial charge in [-0.3, -0.25) is 38.8 Å². The summed E-state index contributed by atoms with van der Waals surface area (Å²) in [5.41, 5.74) is 4.19. The third-order valence-corrected chi connectivity index (χ3v) is 10.5. The van der Waals surface area contributed by atoms with Gasteiger partial charge in [0.1, 0.15) is 0 Å². The van der Waals surface area contributed by atoms with E-state index in [1.54, 1.807) is 32.7 Å². The molecule has 58 heavy (non-hydrogen) atoms. The first-order valence-electron chi connectivity index (χ1n) is 19.4. The number of likely N-dealkylation sites (N-methyl/N-ethyl adjacent to an activating group) is 1. The first kappa shape index (κ1) is 44.1. The van der Waals surface area contributed by atoms with Crippen molar-refractivity contribution in [1.82, 2.24) is 29.4 Å². The Hall–Kier alpha value is -5.01. The lowest BCUT2D eigenvalue weighted by atomic mass is 9.75. The summed E-state index contributed by atoms with van der Waals surface area (Å²) in [7, 11) is 4.03. The average molecular weight is 801 g/mol. The molecule has 17 heteroatoms. The Morgan fingerprint density at radius 3 is 1.71 bits per heavy atom. The SMILES string of the molecule is CN(C)Cc1c(C[n+]2cc3ccccc3c3cc(CN(C)C(=O)CN4CCN(CC(=O)O)CCN(CC(=O)O)CCN(CC(=O)O)CC4)ccc32)cccc1B(O)O. The second-order valence-corrected chi connectivity index (χ2v) is 15.3. The predicted octanol–water partition coefficient (Wildman–Crippen LogP) is -0.496. The third kappa shape index (κ3) is 12.5. The van der Waals surface area contributed by atoms with Crippen LogP contribution in [0.3, 0.4) is 0 Å². The van der Waals surface area contributed by atoms with Crippen molar-refractivity contribution in [1.29, 1.82) is 0 Å². The zero-order chi connectivity index (χ0) is 41.9. The highest BCUT2D eigenvalue weighted by Crippen LogP contribution is 2.25. The van der Waals surface area contributed by atoms with E-state index in [4.69, 9.17) is 0 Å². The second kappa shape index (κ2) is 20.6. The molecule has 1 aliphatic rings. The van der Waals surface area contributed by atoms with Crippen molar-refractivity contribution in [3.63, 3.8) is 0 Å². The minimum Gasteiger partial charge on any atom is -0.480 e. The topological polar surface area (TPSA) is 193 Å². The van der Waals surface area contributed by atoms with Gasteiger partial charge >= 0.3 is 25.0 Å². The zero-order valence-corrected chi connectivity index (χ0v) is 33.5. The van der Waals surface area contributed by atoms with Crippen molar-refractivity contribution in [3.05, 3.63) is 83.6 Å². The summed E-state index contributed by atoms with van der Waals surface area (Å²) in [6.07, 6.45) is 2.10. The molecule has 0 bridgehead atoms. The van der Waals surface area contributed by atoms with Crippen molar-refractivity contribution in [2.24, 2.45) is 0 Å². The molecule has 0 atom stereocenters. The van der Waals surface area contributed by atoms with E-state index < -0.39 is 25.0 Å². The monoisotopic (exact) mass is 800 g/mol. The molecule has 1 fully saturated rings. The Morgan fingerprint density at radius 2 is 1.19 bits per heavy atom. The van der Waals surface area contributed by atoms with E-state index in [0.717, 1.165) is 38.4 Å². The molecular weight excluding hydrogens is 745 g/mol. The molecule has 4 aromatic rings. The molecule has 1 aromatic heterocycles. The van der Waals surface area contributed by atoms with Crippen LogP contribution < -0.4 is 10.0 Å². The molecule has 1 amide bonds. The number of carbonyl (C=O) groups is 4. The van der Waals surface area contributed by atoms with Crippen molar-refractivity contribution < 1.29 is 49.1 Å². The number of fused-ring (bicyclic) bond motifs is 3. The summed E-state index contributed by atoms with van der Waals surface area (Å²) in [6.45, 7) is 3.20. The Labute approximate surface area is 338 Å². The number of aliphatic carboxylic acids is 3. The minimum atomic E-state index is -1.60. The Balaban J connectivity index is 1.36. The van der Waals surface area contributed by atoms with Crippen LogP contribution >= 0.6 is 0 Å². The normalized spacial score (nSPS) is 15.6. The number of carbonyl (C=O) groups excluding carboxylic acids is 1. The largest absolute Gasteiger partial charge is 0.488 e. The van der Waals surface area contributed by atoms with E-state index in [1.807, 2.05) is 60.3 Å². The first-order chi connectivity index (χ1) is 27.7. The Kier molecular flexibility index (Phi) is 15.7. The maximum atomic E-state index is 13.8. The average Bonchev–Trinajstić information content (AvgIpc) is 3.15. The highest BCUT2D eigenvalue weighted by molar-refractivity contribution is 6.59. The first-order valence-corrected chi connectivity index (χ1v) is 19.4. The van der Waals surface area contributed by atoms with Gasteiger partial charge in [0, 0.05) is 94.9 Å². The van der Waals surface area contributed by atoms with Crippen LogP contribution in [0.5, 0.6) is 0 Å². The molecule has 0 saturated carbocycles. The van der Waals surface area contributed by atoms with Gasteiger partial charge in [-0.15, -0.1) is 0 Å². The van der Waals surface area contributed by atoms with Gasteiger partial charge in [-0.25, -0.2) is 0 Å². The van der Waals surface area contributed by atoms with Crippen LogP contribution in [-0.4, -0.2) is 185 Å². The molecule has 310 valence electrons. The number of carboxylic acids is 3. The van der Waals surface area contributed by atoms with Crippen molar-refractivity contribution in [3.8, 4) is 0 Å². The van der Waals surface area contributed by atoms with Gasteiger partial charge in [-0.05, 0) is 42.8 Å². The molecule has 0 spiro atoms. The van der Waals surface area contributed by atoms with Crippen LogP contribution in [0.4, 0.5) is 0 Å². The highest BCUT2D eigenvalue weighted by atomic mass is 16.4. The van der Waals surface area contributed by atoms with Gasteiger partial charge in [0.2, 0.25) is 11.4 Å². The predicted molar refractivity (Wildman–Crippen MR) is 220 cm³/mol. The number of benzene rings is 3. The third-order valence-electron chi connectivity index (χ3n) is 10.5. The number of hydrogen-bond acceptors (Lipinski definition) is 11. The molecule has 3 aromatic carbocycles. The molecule has 5 N–H and O–H groups in total. The van der Waals surface area contributed by atoms with Crippen molar-refractivity contribution in [2.75, 3.05) is 99.7 Å². The second-order valence-electron chi connectivity index (χ2n) is 15.3. The summed E-state index contributed by atoms with van der Waals surface area (Å²) in [5.74, 6) is -3.19. The number of rotatable bonds is 15. The van der Waals surface area contributed by atoms with E-state index >= 15 is 0 Å². The maximum Gasteiger partial charge on any atom is 0.488 e. The summed E-state index contributed by atoms with van der Waals surface area (Å²) in [6, 6.07) is 19.9. The molecular formula is C41H55BN7O9+. The van der Waals surface area contributed by atoms with Crippen molar-refractivity contribution in [2.45, 2.75) is 19.6 Å². The van der Waals surface area contributed by atoms with Gasteiger partial charge in [0.05, 0.1) is 31.6 Å². The van der Waals surface area contributed by atoms with Crippen LogP contribution in [0.1, 0.15) is 16.7 Å². The van der Waals surface area contributed by atoms with Crippen molar-refractivity contribution >= 4 is 58.1 Å². The van der Waals surface area contributed by atoms with Gasteiger partial charge < -0.3 is 35.2 Å². The summed E-state index contributed by atoms with van der Waals surface area (Å²) in [4.78, 5) is 59.5. The number of nitrogens with zero attached hydrogens (tertiary/aromatic N) is 7. The Morgan fingerprint density at radius 1 is 0.655 bits per heavy atom. The number of aromatic nitrogens is 1. The van der Waals surface area contributed by atoms with Crippen LogP contribution in [0, 0.1) is 0 Å². The fourth-order valence-electron chi connectivity index (χ4n) is 7.57. The van der Waals surface area contributed by atoms with E-state index in [1.165, 1.54) is 0 Å². The molecule has 0 radical (unpaired) electrons. The fraction of sp³-hybridized carbons (Fsp3) is 0.439. The fourth-order valence-corrected chi connectivity index (χ4v) is 7.57. The summed E-state index contributed by atoms with van der Waals surface area (Å²) < 4.78 is 2.17. The molecule has 2 heterocycles. The van der Waals surface area contributed by atoms with Gasteiger partial charge in [0.15, 0.2) is 12.7 Å². The number of carboxylic acid groups (broad SMARTS) is 3. The Bertz CT molecular complexity index is 2050. The summed E-state index contributed by atoms with van der Waals surface area (Å²) >= 11 is 0. The van der Waals surface area contributed by atoms with Gasteiger partial charge in [-0.1, -0.05) is 42.5 Å². The van der Waals surface area contributed by atoms with E-state index in [0.29, 0.717) is 77.5 Å². The quantitative estimate of drug-likeness (QED) is 0.0588. The number of pyridine rings is 1. The summed E-state index contributed by atoms with van der Waals surface area (Å²) in [5, 5.41) is 52.0.